The van der Waals surface area contributed by atoms with Crippen molar-refractivity contribution in [3.8, 4) is 11.5 Å². The van der Waals surface area contributed by atoms with Crippen LogP contribution in [-0.4, -0.2) is 25.0 Å². The predicted molar refractivity (Wildman–Crippen MR) is 167 cm³/mol. The number of esters is 2. The van der Waals surface area contributed by atoms with Crippen molar-refractivity contribution in [2.24, 2.45) is 35.5 Å². The molecular weight excluding hydrogens is 617 g/mol. The fourth-order valence-electron chi connectivity index (χ4n) is 8.10. The Morgan fingerprint density at radius 3 is 1.47 bits per heavy atom. The van der Waals surface area contributed by atoms with Crippen molar-refractivity contribution in [1.29, 1.82) is 0 Å². The van der Waals surface area contributed by atoms with E-state index in [4.69, 9.17) is 9.47 Å². The second-order valence-electron chi connectivity index (χ2n) is 13.8. The summed E-state index contributed by atoms with van der Waals surface area (Å²) in [5.74, 6) is -4.56. The van der Waals surface area contributed by atoms with E-state index < -0.39 is 35.1 Å². The first-order valence-corrected chi connectivity index (χ1v) is 17.4. The molecule has 47 heavy (non-hydrogen) atoms. The molecule has 0 amide bonds. The first-order chi connectivity index (χ1) is 22.7. The number of halogens is 5. The maximum absolute atomic E-state index is 13.2. The minimum absolute atomic E-state index is 0.0781. The summed E-state index contributed by atoms with van der Waals surface area (Å²) in [6.45, 7) is 2.20. The first-order valence-electron chi connectivity index (χ1n) is 17.4. The Morgan fingerprint density at radius 2 is 0.957 bits per heavy atom. The molecule has 3 saturated carbocycles. The third kappa shape index (κ3) is 9.77. The molecule has 3 aliphatic carbocycles. The Hall–Kier alpha value is -3.01. The summed E-state index contributed by atoms with van der Waals surface area (Å²) in [6, 6.07) is 4.62. The van der Waals surface area contributed by atoms with Crippen molar-refractivity contribution in [2.45, 2.75) is 96.3 Å². The van der Waals surface area contributed by atoms with E-state index in [1.165, 1.54) is 51.0 Å². The van der Waals surface area contributed by atoms with Gasteiger partial charge in [0.05, 0.1) is 11.8 Å². The fraction of sp³-hybridized carbons (Fsp3) is 0.622. The van der Waals surface area contributed by atoms with E-state index >= 15 is 0 Å². The lowest BCUT2D eigenvalue weighted by Crippen LogP contribution is -2.34. The highest BCUT2D eigenvalue weighted by Gasteiger charge is 2.33. The number of piperidine rings is 1. The molecule has 1 aliphatic heterocycles. The largest absolute Gasteiger partial charge is 0.426 e. The average Bonchev–Trinajstić information content (AvgIpc) is 3.10. The molecule has 1 N–H and O–H groups in total. The highest BCUT2D eigenvalue weighted by atomic mass is 19.2. The lowest BCUT2D eigenvalue weighted by atomic mass is 9.71. The van der Waals surface area contributed by atoms with Gasteiger partial charge >= 0.3 is 11.9 Å². The number of carbonyl (C=O) groups excluding carboxylic acids is 2. The molecule has 4 fully saturated rings. The molecule has 0 spiro atoms. The topological polar surface area (TPSA) is 64.6 Å². The Bertz CT molecular complexity index is 1320. The molecule has 0 aromatic heterocycles. The van der Waals surface area contributed by atoms with Crippen LogP contribution in [0.15, 0.2) is 30.3 Å². The smallest absolute Gasteiger partial charge is 0.314 e. The van der Waals surface area contributed by atoms with Crippen molar-refractivity contribution < 1.29 is 41.0 Å². The van der Waals surface area contributed by atoms with Crippen molar-refractivity contribution in [1.82, 2.24) is 5.32 Å². The van der Waals surface area contributed by atoms with Gasteiger partial charge < -0.3 is 14.8 Å². The van der Waals surface area contributed by atoms with Crippen LogP contribution in [0, 0.1) is 64.6 Å². The quantitative estimate of drug-likeness (QED) is 0.145. The summed E-state index contributed by atoms with van der Waals surface area (Å²) >= 11 is 0. The van der Waals surface area contributed by atoms with Gasteiger partial charge in [0.25, 0.3) is 0 Å². The van der Waals surface area contributed by atoms with Crippen LogP contribution in [0.1, 0.15) is 96.3 Å². The molecule has 10 heteroatoms. The molecule has 0 radical (unpaired) electrons. The Morgan fingerprint density at radius 1 is 0.511 bits per heavy atom. The van der Waals surface area contributed by atoms with Gasteiger partial charge in [-0.25, -0.2) is 22.0 Å². The van der Waals surface area contributed by atoms with E-state index in [1.807, 2.05) is 0 Å². The van der Waals surface area contributed by atoms with E-state index in [1.54, 1.807) is 0 Å². The van der Waals surface area contributed by atoms with Crippen LogP contribution >= 0.6 is 0 Å². The molecule has 6 rings (SSSR count). The van der Waals surface area contributed by atoms with Crippen molar-refractivity contribution in [2.75, 3.05) is 13.1 Å². The van der Waals surface area contributed by atoms with E-state index in [9.17, 15) is 31.5 Å². The fourth-order valence-corrected chi connectivity index (χ4v) is 8.10. The maximum Gasteiger partial charge on any atom is 0.314 e. The van der Waals surface area contributed by atoms with E-state index in [2.05, 4.69) is 5.32 Å². The van der Waals surface area contributed by atoms with Gasteiger partial charge in [0, 0.05) is 18.2 Å². The van der Waals surface area contributed by atoms with E-state index in [-0.39, 0.29) is 29.3 Å². The lowest BCUT2D eigenvalue weighted by Gasteiger charge is -2.35. The molecule has 1 heterocycles. The number of benzene rings is 2. The van der Waals surface area contributed by atoms with Crippen LogP contribution in [0.2, 0.25) is 0 Å². The van der Waals surface area contributed by atoms with Gasteiger partial charge in [-0.2, -0.15) is 0 Å². The van der Waals surface area contributed by atoms with Crippen LogP contribution in [0.25, 0.3) is 0 Å². The predicted octanol–water partition coefficient (Wildman–Crippen LogP) is 9.07. The highest BCUT2D eigenvalue weighted by molar-refractivity contribution is 5.75. The summed E-state index contributed by atoms with van der Waals surface area (Å²) in [5.41, 5.74) is 0. The number of nitrogens with one attached hydrogen (secondary N) is 1. The third-order valence-electron chi connectivity index (χ3n) is 10.9. The SMILES string of the molecule is O=C(Oc1cc(F)c(F)c(F)c1)C1CCC(C2CCCCC2)CC1.O=C(Oc1ccc(F)c(F)c1)C1CCC(C2CCNCC2)CC1. The zero-order valence-corrected chi connectivity index (χ0v) is 26.9. The molecule has 1 saturated heterocycles. The second-order valence-corrected chi connectivity index (χ2v) is 13.8. The zero-order chi connectivity index (χ0) is 33.3. The van der Waals surface area contributed by atoms with Crippen molar-refractivity contribution in [3.05, 3.63) is 59.4 Å². The third-order valence-corrected chi connectivity index (χ3v) is 10.9. The van der Waals surface area contributed by atoms with Crippen LogP contribution in [-0.2, 0) is 9.59 Å². The zero-order valence-electron chi connectivity index (χ0n) is 26.9. The second kappa shape index (κ2) is 16.9. The number of rotatable bonds is 6. The molecule has 0 unspecified atom stereocenters. The Balaban J connectivity index is 0.000000185. The van der Waals surface area contributed by atoms with Gasteiger partial charge in [0.2, 0.25) is 0 Å². The molecule has 4 aliphatic rings. The summed E-state index contributed by atoms with van der Waals surface area (Å²) in [4.78, 5) is 24.4. The normalized spacial score (nSPS) is 25.7. The van der Waals surface area contributed by atoms with Crippen LogP contribution in [0.5, 0.6) is 11.5 Å². The number of carbonyl (C=O) groups is 2. The van der Waals surface area contributed by atoms with Crippen LogP contribution < -0.4 is 14.8 Å². The molecular formula is C37H46F5NO4. The molecule has 5 nitrogen and oxygen atoms in total. The van der Waals surface area contributed by atoms with E-state index in [0.717, 1.165) is 88.4 Å². The van der Waals surface area contributed by atoms with Gasteiger partial charge in [-0.15, -0.1) is 0 Å². The number of hydrogen-bond donors (Lipinski definition) is 1. The highest BCUT2D eigenvalue weighted by Crippen LogP contribution is 2.41. The monoisotopic (exact) mass is 663 g/mol. The Labute approximate surface area is 274 Å². The summed E-state index contributed by atoms with van der Waals surface area (Å²) in [7, 11) is 0. The molecule has 2 aromatic rings. The number of ether oxygens (including phenoxy) is 2. The Kier molecular flexibility index (Phi) is 12.7. The van der Waals surface area contributed by atoms with Gasteiger partial charge in [-0.3, -0.25) is 9.59 Å². The van der Waals surface area contributed by atoms with Crippen molar-refractivity contribution >= 4 is 11.9 Å². The number of hydrogen-bond acceptors (Lipinski definition) is 5. The maximum atomic E-state index is 13.2. The van der Waals surface area contributed by atoms with Crippen molar-refractivity contribution in [3.63, 3.8) is 0 Å². The average molecular weight is 664 g/mol. The molecule has 258 valence electrons. The molecule has 2 aromatic carbocycles. The van der Waals surface area contributed by atoms with Crippen LogP contribution in [0.3, 0.4) is 0 Å². The van der Waals surface area contributed by atoms with Crippen LogP contribution in [0.4, 0.5) is 22.0 Å². The summed E-state index contributed by atoms with van der Waals surface area (Å²) < 4.78 is 75.6. The van der Waals surface area contributed by atoms with E-state index in [0.29, 0.717) is 24.0 Å². The summed E-state index contributed by atoms with van der Waals surface area (Å²) in [5, 5.41) is 3.39. The first kappa shape index (κ1) is 35.3. The van der Waals surface area contributed by atoms with Gasteiger partial charge in [0.1, 0.15) is 11.5 Å². The standard InChI is InChI=1S/C19H23F3O2.C18H23F2NO2/c20-16-10-15(11-17(21)18(16)22)24-19(23)14-8-6-13(7-9-14)12-4-2-1-3-5-12;19-16-6-5-15(11-17(16)20)23-18(22)14-3-1-12(2-4-14)13-7-9-21-10-8-13/h10-14H,1-9H2;5-6,11-14,21H,1-4,7-10H2. The molecule has 0 bridgehead atoms. The minimum atomic E-state index is -1.55. The lowest BCUT2D eigenvalue weighted by molar-refractivity contribution is -0.141. The molecule has 0 atom stereocenters. The minimum Gasteiger partial charge on any atom is -0.426 e. The summed E-state index contributed by atoms with van der Waals surface area (Å²) in [6.07, 6.45) is 16.3. The van der Waals surface area contributed by atoms with Gasteiger partial charge in [-0.1, -0.05) is 32.1 Å². The van der Waals surface area contributed by atoms with Gasteiger partial charge in [-0.05, 0) is 113 Å². The van der Waals surface area contributed by atoms with Gasteiger partial charge in [0.15, 0.2) is 29.1 Å².